The highest BCUT2D eigenvalue weighted by molar-refractivity contribution is 9.10. The molecular weight excluding hydrogens is 363 g/mol. The average Bonchev–Trinajstić information content (AvgIpc) is 2.65. The summed E-state index contributed by atoms with van der Waals surface area (Å²) in [5.74, 6) is -0.922. The molecule has 23 heavy (non-hydrogen) atoms. The predicted molar refractivity (Wildman–Crippen MR) is 90.3 cm³/mol. The Labute approximate surface area is 140 Å². The number of hydrogen-bond donors (Lipinski definition) is 1. The van der Waals surface area contributed by atoms with Gasteiger partial charge in [-0.3, -0.25) is 4.79 Å². The van der Waals surface area contributed by atoms with Crippen LogP contribution in [0.15, 0.2) is 63.9 Å². The number of aliphatic imine (C=N–C) groups is 1. The van der Waals surface area contributed by atoms with Gasteiger partial charge >= 0.3 is 0 Å². The van der Waals surface area contributed by atoms with Gasteiger partial charge in [0.25, 0.3) is 5.91 Å². The van der Waals surface area contributed by atoms with Crippen LogP contribution in [0, 0.1) is 5.82 Å². The highest BCUT2D eigenvalue weighted by atomic mass is 79.9. The molecule has 2 aromatic rings. The summed E-state index contributed by atoms with van der Waals surface area (Å²) >= 11 is 3.39. The highest BCUT2D eigenvalue weighted by Crippen LogP contribution is 2.31. The molecule has 0 spiro atoms. The van der Waals surface area contributed by atoms with Crippen LogP contribution in [-0.2, 0) is 4.79 Å². The summed E-state index contributed by atoms with van der Waals surface area (Å²) in [4.78, 5) is 18.0. The SMILES string of the molecule is CN1C(=O)C(=CO)N=C(c2ccccc2F)c2cc(Br)ccc21. The van der Waals surface area contributed by atoms with Crippen LogP contribution in [0.25, 0.3) is 0 Å². The Bertz CT molecular complexity index is 861. The van der Waals surface area contributed by atoms with Crippen molar-refractivity contribution in [3.63, 3.8) is 0 Å². The molecule has 1 amide bonds. The molecule has 1 aliphatic heterocycles. The Morgan fingerprint density at radius 2 is 1.96 bits per heavy atom. The van der Waals surface area contributed by atoms with E-state index in [4.69, 9.17) is 0 Å². The fraction of sp³-hybridized carbons (Fsp3) is 0.0588. The van der Waals surface area contributed by atoms with Gasteiger partial charge in [-0.2, -0.15) is 0 Å². The summed E-state index contributed by atoms with van der Waals surface area (Å²) in [6, 6.07) is 11.5. The van der Waals surface area contributed by atoms with Gasteiger partial charge in [-0.05, 0) is 30.3 Å². The van der Waals surface area contributed by atoms with E-state index in [-0.39, 0.29) is 17.0 Å². The lowest BCUT2D eigenvalue weighted by atomic mass is 10.00. The molecule has 0 saturated heterocycles. The van der Waals surface area contributed by atoms with Crippen LogP contribution in [0.1, 0.15) is 11.1 Å². The molecule has 0 saturated carbocycles. The second kappa shape index (κ2) is 5.96. The standard InChI is InChI=1S/C17H12BrFN2O2/c1-21-15-7-6-10(18)8-12(15)16(20-14(9-22)17(21)23)11-4-2-3-5-13(11)19/h2-9,22H,1H3. The molecule has 0 fully saturated rings. The lowest BCUT2D eigenvalue weighted by Gasteiger charge is -2.18. The number of benzene rings is 2. The van der Waals surface area contributed by atoms with E-state index >= 15 is 0 Å². The molecule has 4 nitrogen and oxygen atoms in total. The Morgan fingerprint density at radius 3 is 2.65 bits per heavy atom. The van der Waals surface area contributed by atoms with Gasteiger partial charge in [-0.25, -0.2) is 9.38 Å². The quantitative estimate of drug-likeness (QED) is 0.609. The van der Waals surface area contributed by atoms with Crippen molar-refractivity contribution in [1.82, 2.24) is 0 Å². The van der Waals surface area contributed by atoms with Gasteiger partial charge in [0, 0.05) is 22.6 Å². The highest BCUT2D eigenvalue weighted by Gasteiger charge is 2.27. The summed E-state index contributed by atoms with van der Waals surface area (Å²) in [7, 11) is 1.58. The van der Waals surface area contributed by atoms with Crippen LogP contribution >= 0.6 is 15.9 Å². The van der Waals surface area contributed by atoms with E-state index in [2.05, 4.69) is 20.9 Å². The van der Waals surface area contributed by atoms with Crippen LogP contribution in [0.5, 0.6) is 0 Å². The van der Waals surface area contributed by atoms with Crippen molar-refractivity contribution in [2.75, 3.05) is 11.9 Å². The molecule has 0 radical (unpaired) electrons. The number of fused-ring (bicyclic) bond motifs is 1. The lowest BCUT2D eigenvalue weighted by molar-refractivity contribution is -0.115. The molecule has 0 bridgehead atoms. The average molecular weight is 375 g/mol. The van der Waals surface area contributed by atoms with Crippen LogP contribution in [0.3, 0.4) is 0 Å². The number of nitrogens with zero attached hydrogens (tertiary/aromatic N) is 2. The number of aliphatic hydroxyl groups is 1. The van der Waals surface area contributed by atoms with Crippen LogP contribution in [0.2, 0.25) is 0 Å². The fourth-order valence-electron chi connectivity index (χ4n) is 2.44. The van der Waals surface area contributed by atoms with E-state index < -0.39 is 11.7 Å². The molecule has 1 N–H and O–H groups in total. The molecule has 3 rings (SSSR count). The molecule has 0 aliphatic carbocycles. The zero-order valence-electron chi connectivity index (χ0n) is 12.1. The summed E-state index contributed by atoms with van der Waals surface area (Å²) < 4.78 is 15.0. The Kier molecular flexibility index (Phi) is 4.00. The molecular formula is C17H12BrFN2O2. The van der Waals surface area contributed by atoms with Gasteiger partial charge in [0.2, 0.25) is 0 Å². The van der Waals surface area contributed by atoms with E-state index in [0.717, 1.165) is 4.47 Å². The molecule has 0 aromatic heterocycles. The summed E-state index contributed by atoms with van der Waals surface area (Å²) in [5.41, 5.74) is 1.57. The van der Waals surface area contributed by atoms with Crippen molar-refractivity contribution < 1.29 is 14.3 Å². The summed E-state index contributed by atoms with van der Waals surface area (Å²) in [5, 5.41) is 9.35. The van der Waals surface area contributed by atoms with Gasteiger partial charge < -0.3 is 10.0 Å². The molecule has 1 aliphatic rings. The molecule has 1 heterocycles. The van der Waals surface area contributed by atoms with Crippen LogP contribution in [-0.4, -0.2) is 23.8 Å². The number of likely N-dealkylation sites (N-methyl/N-ethyl adjacent to an activating group) is 1. The molecule has 0 atom stereocenters. The first-order valence-corrected chi connectivity index (χ1v) is 7.58. The first-order valence-electron chi connectivity index (χ1n) is 6.79. The predicted octanol–water partition coefficient (Wildman–Crippen LogP) is 3.80. The van der Waals surface area contributed by atoms with Crippen molar-refractivity contribution in [1.29, 1.82) is 0 Å². The lowest BCUT2D eigenvalue weighted by Crippen LogP contribution is -2.26. The Morgan fingerprint density at radius 1 is 1.22 bits per heavy atom. The number of halogens is 2. The van der Waals surface area contributed by atoms with Gasteiger partial charge in [-0.1, -0.05) is 28.1 Å². The Hall–Kier alpha value is -2.47. The largest absolute Gasteiger partial charge is 0.513 e. The van der Waals surface area contributed by atoms with Gasteiger partial charge in [0.15, 0.2) is 5.70 Å². The van der Waals surface area contributed by atoms with Gasteiger partial charge in [0.05, 0.1) is 11.4 Å². The third-order valence-electron chi connectivity index (χ3n) is 3.58. The normalized spacial score (nSPS) is 16.1. The number of rotatable bonds is 1. The van der Waals surface area contributed by atoms with E-state index in [9.17, 15) is 14.3 Å². The maximum absolute atomic E-state index is 14.3. The van der Waals surface area contributed by atoms with Crippen molar-refractivity contribution in [3.05, 3.63) is 75.8 Å². The number of amides is 1. The zero-order valence-corrected chi connectivity index (χ0v) is 13.7. The maximum Gasteiger partial charge on any atom is 0.279 e. The zero-order chi connectivity index (χ0) is 16.6. The molecule has 116 valence electrons. The second-order valence-corrected chi connectivity index (χ2v) is 5.90. The third-order valence-corrected chi connectivity index (χ3v) is 4.08. The minimum atomic E-state index is -0.470. The summed E-state index contributed by atoms with van der Waals surface area (Å²) in [6.07, 6.45) is 0.639. The second-order valence-electron chi connectivity index (χ2n) is 4.98. The third kappa shape index (κ3) is 2.66. The number of benzodiazepines with no additional fused rings is 1. The van der Waals surface area contributed by atoms with Crippen LogP contribution in [0.4, 0.5) is 10.1 Å². The molecule has 0 unspecified atom stereocenters. The van der Waals surface area contributed by atoms with Crippen molar-refractivity contribution >= 4 is 33.2 Å². The Balaban J connectivity index is 2.36. The number of anilines is 1. The van der Waals surface area contributed by atoms with Crippen molar-refractivity contribution in [2.45, 2.75) is 0 Å². The summed E-state index contributed by atoms with van der Waals surface area (Å²) in [6.45, 7) is 0. The first kappa shape index (κ1) is 15.4. The number of carbonyl (C=O) groups excluding carboxylic acids is 1. The van der Waals surface area contributed by atoms with Crippen molar-refractivity contribution in [3.8, 4) is 0 Å². The minimum absolute atomic E-state index is 0.155. The minimum Gasteiger partial charge on any atom is -0.513 e. The monoisotopic (exact) mass is 374 g/mol. The van der Waals surface area contributed by atoms with Gasteiger partial charge in [-0.15, -0.1) is 0 Å². The van der Waals surface area contributed by atoms with Crippen molar-refractivity contribution in [2.24, 2.45) is 4.99 Å². The van der Waals surface area contributed by atoms with E-state index in [0.29, 0.717) is 17.5 Å². The smallest absolute Gasteiger partial charge is 0.279 e. The van der Waals surface area contributed by atoms with Crippen LogP contribution < -0.4 is 4.90 Å². The van der Waals surface area contributed by atoms with E-state index in [1.54, 1.807) is 43.4 Å². The fourth-order valence-corrected chi connectivity index (χ4v) is 2.80. The van der Waals surface area contributed by atoms with Gasteiger partial charge in [0.1, 0.15) is 12.1 Å². The topological polar surface area (TPSA) is 52.9 Å². The first-order chi connectivity index (χ1) is 11.0. The number of hydrogen-bond acceptors (Lipinski definition) is 3. The van der Waals surface area contributed by atoms with E-state index in [1.807, 2.05) is 0 Å². The number of aliphatic hydroxyl groups excluding tert-OH is 1. The molecule has 6 heteroatoms. The molecule has 2 aromatic carbocycles. The number of carbonyl (C=O) groups is 1. The van der Waals surface area contributed by atoms with E-state index in [1.165, 1.54) is 11.0 Å². The maximum atomic E-state index is 14.3.